The molecule has 0 aromatic heterocycles. The van der Waals surface area contributed by atoms with Gasteiger partial charge < -0.3 is 10.4 Å². The fourth-order valence-corrected chi connectivity index (χ4v) is 2.55. The molecule has 0 aromatic carbocycles. The minimum atomic E-state index is -0.765. The average Bonchev–Trinajstić information content (AvgIpc) is 2.36. The summed E-state index contributed by atoms with van der Waals surface area (Å²) >= 11 is 1.90. The van der Waals surface area contributed by atoms with Crippen LogP contribution in [0.1, 0.15) is 20.3 Å². The molecule has 3 unspecified atom stereocenters. The zero-order valence-electron chi connectivity index (χ0n) is 7.41. The third-order valence-electron chi connectivity index (χ3n) is 2.21. The van der Waals surface area contributed by atoms with Crippen molar-refractivity contribution in [3.63, 3.8) is 0 Å². The van der Waals surface area contributed by atoms with Gasteiger partial charge in [-0.05, 0) is 19.1 Å². The van der Waals surface area contributed by atoms with Gasteiger partial charge in [0.05, 0.1) is 0 Å². The molecule has 1 aliphatic rings. The molecule has 3 nitrogen and oxygen atoms in total. The Morgan fingerprint density at radius 1 is 1.75 bits per heavy atom. The van der Waals surface area contributed by atoms with E-state index >= 15 is 0 Å². The molecule has 0 bridgehead atoms. The summed E-state index contributed by atoms with van der Waals surface area (Å²) in [5.74, 6) is 0.379. The van der Waals surface area contributed by atoms with E-state index in [1.54, 1.807) is 6.92 Å². The van der Waals surface area contributed by atoms with E-state index in [0.717, 1.165) is 12.2 Å². The molecule has 12 heavy (non-hydrogen) atoms. The molecule has 1 fully saturated rings. The molecule has 1 saturated heterocycles. The first-order valence-corrected chi connectivity index (χ1v) is 5.26. The Labute approximate surface area is 76.9 Å². The topological polar surface area (TPSA) is 49.3 Å². The summed E-state index contributed by atoms with van der Waals surface area (Å²) in [5, 5.41) is 12.3. The molecule has 4 heteroatoms. The van der Waals surface area contributed by atoms with Gasteiger partial charge in [0.25, 0.3) is 0 Å². The van der Waals surface area contributed by atoms with Crippen LogP contribution in [0.5, 0.6) is 0 Å². The van der Waals surface area contributed by atoms with Crippen LogP contribution in [0.15, 0.2) is 0 Å². The van der Waals surface area contributed by atoms with E-state index in [1.807, 2.05) is 11.8 Å². The number of hydrogen-bond acceptors (Lipinski definition) is 3. The zero-order chi connectivity index (χ0) is 9.14. The smallest absolute Gasteiger partial charge is 0.320 e. The van der Waals surface area contributed by atoms with Crippen LogP contribution in [0, 0.1) is 0 Å². The highest BCUT2D eigenvalue weighted by molar-refractivity contribution is 8.00. The monoisotopic (exact) mass is 189 g/mol. The number of carboxylic acids is 1. The Morgan fingerprint density at radius 2 is 2.42 bits per heavy atom. The van der Waals surface area contributed by atoms with Crippen molar-refractivity contribution in [3.05, 3.63) is 0 Å². The predicted molar refractivity (Wildman–Crippen MR) is 50.6 cm³/mol. The lowest BCUT2D eigenvalue weighted by Gasteiger charge is -2.19. The Bertz CT molecular complexity index is 174. The van der Waals surface area contributed by atoms with Gasteiger partial charge in [0.2, 0.25) is 0 Å². The van der Waals surface area contributed by atoms with Gasteiger partial charge in [0, 0.05) is 11.3 Å². The summed E-state index contributed by atoms with van der Waals surface area (Å²) < 4.78 is 0. The molecule has 0 spiro atoms. The average molecular weight is 189 g/mol. The van der Waals surface area contributed by atoms with Crippen molar-refractivity contribution >= 4 is 17.7 Å². The minimum absolute atomic E-state index is 0.376. The summed E-state index contributed by atoms with van der Waals surface area (Å²) in [6, 6.07) is -0.0442. The number of aliphatic carboxylic acids is 1. The fourth-order valence-electron chi connectivity index (χ4n) is 1.34. The van der Waals surface area contributed by atoms with Crippen molar-refractivity contribution in [1.29, 1.82) is 0 Å². The van der Waals surface area contributed by atoms with E-state index in [0.29, 0.717) is 11.3 Å². The molecule has 0 amide bonds. The lowest BCUT2D eigenvalue weighted by molar-refractivity contribution is -0.139. The highest BCUT2D eigenvalue weighted by atomic mass is 32.2. The Hall–Kier alpha value is -0.220. The van der Waals surface area contributed by atoms with Crippen molar-refractivity contribution in [3.8, 4) is 0 Å². The second kappa shape index (κ2) is 4.14. The first kappa shape index (κ1) is 9.86. The Kier molecular flexibility index (Phi) is 3.40. The quantitative estimate of drug-likeness (QED) is 0.694. The van der Waals surface area contributed by atoms with E-state index in [-0.39, 0.29) is 0 Å². The third kappa shape index (κ3) is 2.38. The normalized spacial score (nSPS) is 31.8. The lowest BCUT2D eigenvalue weighted by atomic mass is 10.1. The van der Waals surface area contributed by atoms with Gasteiger partial charge in [0.15, 0.2) is 0 Å². The Balaban J connectivity index is 2.35. The van der Waals surface area contributed by atoms with E-state index in [4.69, 9.17) is 5.11 Å². The maximum absolute atomic E-state index is 10.5. The van der Waals surface area contributed by atoms with Crippen LogP contribution in [0.4, 0.5) is 0 Å². The molecule has 1 heterocycles. The van der Waals surface area contributed by atoms with Gasteiger partial charge in [-0.3, -0.25) is 4.79 Å². The van der Waals surface area contributed by atoms with Crippen LogP contribution in [0.2, 0.25) is 0 Å². The van der Waals surface area contributed by atoms with Crippen LogP contribution in [-0.2, 0) is 4.79 Å². The molecular weight excluding hydrogens is 174 g/mol. The molecule has 0 saturated carbocycles. The summed E-state index contributed by atoms with van der Waals surface area (Å²) in [7, 11) is 0. The Morgan fingerprint density at radius 3 is 2.83 bits per heavy atom. The maximum Gasteiger partial charge on any atom is 0.320 e. The van der Waals surface area contributed by atoms with Crippen molar-refractivity contribution in [2.75, 3.05) is 5.75 Å². The summed E-state index contributed by atoms with van der Waals surface area (Å²) in [6.07, 6.45) is 1.09. The second-order valence-corrected chi connectivity index (χ2v) is 4.68. The molecule has 3 atom stereocenters. The highest BCUT2D eigenvalue weighted by Gasteiger charge is 2.26. The summed E-state index contributed by atoms with van der Waals surface area (Å²) in [6.45, 7) is 3.84. The highest BCUT2D eigenvalue weighted by Crippen LogP contribution is 2.26. The van der Waals surface area contributed by atoms with Crippen molar-refractivity contribution in [2.45, 2.75) is 37.6 Å². The number of hydrogen-bond donors (Lipinski definition) is 2. The molecule has 0 radical (unpaired) electrons. The number of nitrogens with one attached hydrogen (secondary N) is 1. The van der Waals surface area contributed by atoms with Gasteiger partial charge in [-0.25, -0.2) is 0 Å². The molecular formula is C8H15NO2S. The number of carboxylic acid groups (broad SMARTS) is 1. The van der Waals surface area contributed by atoms with Crippen LogP contribution in [0.25, 0.3) is 0 Å². The largest absolute Gasteiger partial charge is 0.480 e. The van der Waals surface area contributed by atoms with Crippen LogP contribution in [-0.4, -0.2) is 34.2 Å². The molecule has 2 N–H and O–H groups in total. The SMILES string of the molecule is CC(NC1CCSC1C)C(=O)O. The first-order chi connectivity index (χ1) is 5.61. The van der Waals surface area contributed by atoms with Gasteiger partial charge in [-0.1, -0.05) is 6.92 Å². The fraction of sp³-hybridized carbons (Fsp3) is 0.875. The van der Waals surface area contributed by atoms with E-state index in [1.165, 1.54) is 0 Å². The minimum Gasteiger partial charge on any atom is -0.480 e. The zero-order valence-corrected chi connectivity index (χ0v) is 8.23. The van der Waals surface area contributed by atoms with Gasteiger partial charge in [0.1, 0.15) is 6.04 Å². The number of carbonyl (C=O) groups is 1. The molecule has 70 valence electrons. The second-order valence-electron chi connectivity index (χ2n) is 3.20. The van der Waals surface area contributed by atoms with Crippen LogP contribution in [0.3, 0.4) is 0 Å². The van der Waals surface area contributed by atoms with Crippen molar-refractivity contribution in [1.82, 2.24) is 5.32 Å². The van der Waals surface area contributed by atoms with Crippen LogP contribution >= 0.6 is 11.8 Å². The maximum atomic E-state index is 10.5. The molecule has 1 aliphatic heterocycles. The number of rotatable bonds is 3. The van der Waals surface area contributed by atoms with Crippen molar-refractivity contribution in [2.24, 2.45) is 0 Å². The summed E-state index contributed by atoms with van der Waals surface area (Å²) in [4.78, 5) is 10.5. The molecule has 1 rings (SSSR count). The van der Waals surface area contributed by atoms with Gasteiger partial charge in [-0.15, -0.1) is 0 Å². The number of thioether (sulfide) groups is 1. The van der Waals surface area contributed by atoms with E-state index in [9.17, 15) is 4.79 Å². The molecule has 0 aromatic rings. The van der Waals surface area contributed by atoms with Crippen molar-refractivity contribution < 1.29 is 9.90 Å². The van der Waals surface area contributed by atoms with E-state index < -0.39 is 12.0 Å². The van der Waals surface area contributed by atoms with Gasteiger partial charge >= 0.3 is 5.97 Å². The third-order valence-corrected chi connectivity index (χ3v) is 3.54. The standard InChI is InChI=1S/C8H15NO2S/c1-5(8(10)11)9-7-3-4-12-6(7)2/h5-7,9H,3-4H2,1-2H3,(H,10,11). The van der Waals surface area contributed by atoms with E-state index in [2.05, 4.69) is 12.2 Å². The molecule has 0 aliphatic carbocycles. The first-order valence-electron chi connectivity index (χ1n) is 4.21. The van der Waals surface area contributed by atoms with Crippen LogP contribution < -0.4 is 5.32 Å². The van der Waals surface area contributed by atoms with Gasteiger partial charge in [-0.2, -0.15) is 11.8 Å². The lowest BCUT2D eigenvalue weighted by Crippen LogP contribution is -2.43. The predicted octanol–water partition coefficient (Wildman–Crippen LogP) is 0.943. The summed E-state index contributed by atoms with van der Waals surface area (Å²) in [5.41, 5.74) is 0.